The number of rotatable bonds is 10. The third-order valence-corrected chi connectivity index (χ3v) is 3.58. The zero-order valence-corrected chi connectivity index (χ0v) is 15.0. The van der Waals surface area contributed by atoms with Gasteiger partial charge in [-0.05, 0) is 55.7 Å². The van der Waals surface area contributed by atoms with Crippen molar-refractivity contribution in [3.63, 3.8) is 0 Å². The first kappa shape index (κ1) is 19.6. The maximum Gasteiger partial charge on any atom is 0.303 e. The van der Waals surface area contributed by atoms with Crippen molar-refractivity contribution in [3.8, 4) is 17.2 Å². The van der Waals surface area contributed by atoms with Crippen molar-refractivity contribution in [2.75, 3.05) is 13.2 Å². The highest BCUT2D eigenvalue weighted by molar-refractivity contribution is 5.67. The summed E-state index contributed by atoms with van der Waals surface area (Å²) in [5, 5.41) is 8.69. The molecule has 1 N–H and O–H groups in total. The van der Waals surface area contributed by atoms with E-state index in [0.29, 0.717) is 30.3 Å². The smallest absolute Gasteiger partial charge is 0.303 e. The van der Waals surface area contributed by atoms with Crippen LogP contribution in [0.3, 0.4) is 0 Å². The van der Waals surface area contributed by atoms with Gasteiger partial charge in [0.15, 0.2) is 11.6 Å². The topological polar surface area (TPSA) is 65.0 Å². The molecular weight excluding hydrogens is 339 g/mol. The number of carboxylic acids is 1. The van der Waals surface area contributed by atoms with E-state index in [4.69, 9.17) is 19.3 Å². The van der Waals surface area contributed by atoms with Gasteiger partial charge in [-0.15, -0.1) is 0 Å². The molecule has 0 bridgehead atoms. The van der Waals surface area contributed by atoms with Crippen LogP contribution in [0.2, 0.25) is 0 Å². The van der Waals surface area contributed by atoms with Gasteiger partial charge in [-0.3, -0.25) is 4.79 Å². The van der Waals surface area contributed by atoms with Crippen LogP contribution in [0.5, 0.6) is 17.2 Å². The average Bonchev–Trinajstić information content (AvgIpc) is 2.59. The summed E-state index contributed by atoms with van der Waals surface area (Å²) in [5.41, 5.74) is 1.42. The highest BCUT2D eigenvalue weighted by Crippen LogP contribution is 2.25. The number of halogens is 1. The zero-order chi connectivity index (χ0) is 18.9. The lowest BCUT2D eigenvalue weighted by Gasteiger charge is -2.12. The molecular formula is C20H23FO5. The standard InChI is InChI=1S/C20H23FO5/c1-3-24-16-9-15(10-17(12-16)25-4-2)13-26-19-7-5-14(11-18(19)21)6-8-20(22)23/h5,7,9-12H,3-4,6,8,13H2,1-2H3,(H,22,23). The van der Waals surface area contributed by atoms with E-state index in [1.807, 2.05) is 26.0 Å². The normalized spacial score (nSPS) is 10.4. The first-order chi connectivity index (χ1) is 12.5. The van der Waals surface area contributed by atoms with Crippen LogP contribution >= 0.6 is 0 Å². The Morgan fingerprint density at radius 3 is 2.15 bits per heavy atom. The first-order valence-electron chi connectivity index (χ1n) is 8.54. The summed E-state index contributed by atoms with van der Waals surface area (Å²) in [5.74, 6) is 0.0239. The first-order valence-corrected chi connectivity index (χ1v) is 8.54. The predicted molar refractivity (Wildman–Crippen MR) is 95.5 cm³/mol. The summed E-state index contributed by atoms with van der Waals surface area (Å²) < 4.78 is 30.8. The quantitative estimate of drug-likeness (QED) is 0.685. The Kier molecular flexibility index (Phi) is 7.26. The van der Waals surface area contributed by atoms with Gasteiger partial charge in [-0.25, -0.2) is 4.39 Å². The van der Waals surface area contributed by atoms with E-state index in [2.05, 4.69) is 0 Å². The Balaban J connectivity index is 2.06. The van der Waals surface area contributed by atoms with E-state index in [1.54, 1.807) is 12.1 Å². The van der Waals surface area contributed by atoms with Crippen LogP contribution in [0.4, 0.5) is 4.39 Å². The van der Waals surface area contributed by atoms with Crippen molar-refractivity contribution < 1.29 is 28.5 Å². The van der Waals surface area contributed by atoms with Gasteiger partial charge >= 0.3 is 5.97 Å². The molecule has 0 saturated carbocycles. The predicted octanol–water partition coefficient (Wildman–Crippen LogP) is 4.22. The number of hydrogen-bond donors (Lipinski definition) is 1. The van der Waals surface area contributed by atoms with Crippen LogP contribution in [0.15, 0.2) is 36.4 Å². The Labute approximate surface area is 152 Å². The van der Waals surface area contributed by atoms with Crippen LogP contribution in [0, 0.1) is 5.82 Å². The average molecular weight is 362 g/mol. The number of carboxylic acid groups (broad SMARTS) is 1. The third-order valence-electron chi connectivity index (χ3n) is 3.58. The molecule has 2 rings (SSSR count). The summed E-state index contributed by atoms with van der Waals surface area (Å²) in [6.45, 7) is 5.01. The Bertz CT molecular complexity index is 721. The van der Waals surface area contributed by atoms with Crippen molar-refractivity contribution >= 4 is 5.97 Å². The van der Waals surface area contributed by atoms with Crippen molar-refractivity contribution in [2.24, 2.45) is 0 Å². The number of hydrogen-bond acceptors (Lipinski definition) is 4. The number of aliphatic carboxylic acids is 1. The fraction of sp³-hybridized carbons (Fsp3) is 0.350. The second kappa shape index (κ2) is 9.65. The zero-order valence-electron chi connectivity index (χ0n) is 15.0. The molecule has 0 aliphatic heterocycles. The third kappa shape index (κ3) is 5.95. The lowest BCUT2D eigenvalue weighted by atomic mass is 10.1. The van der Waals surface area contributed by atoms with E-state index in [1.165, 1.54) is 12.1 Å². The highest BCUT2D eigenvalue weighted by atomic mass is 19.1. The Morgan fingerprint density at radius 2 is 1.62 bits per heavy atom. The van der Waals surface area contributed by atoms with Gasteiger partial charge in [0.25, 0.3) is 0 Å². The molecule has 0 unspecified atom stereocenters. The fourth-order valence-electron chi connectivity index (χ4n) is 2.44. The number of carbonyl (C=O) groups is 1. The van der Waals surface area contributed by atoms with E-state index >= 15 is 0 Å². The molecule has 0 aliphatic rings. The minimum atomic E-state index is -0.912. The van der Waals surface area contributed by atoms with Crippen LogP contribution in [-0.2, 0) is 17.8 Å². The summed E-state index contributed by atoms with van der Waals surface area (Å²) in [7, 11) is 0. The maximum absolute atomic E-state index is 14.2. The number of aryl methyl sites for hydroxylation is 1. The summed E-state index contributed by atoms with van der Waals surface area (Å²) in [4.78, 5) is 10.6. The largest absolute Gasteiger partial charge is 0.494 e. The van der Waals surface area contributed by atoms with Crippen molar-refractivity contribution in [2.45, 2.75) is 33.3 Å². The molecule has 5 nitrogen and oxygen atoms in total. The molecule has 0 heterocycles. The van der Waals surface area contributed by atoms with Crippen LogP contribution in [0.1, 0.15) is 31.4 Å². The van der Waals surface area contributed by atoms with Gasteiger partial charge in [-0.2, -0.15) is 0 Å². The van der Waals surface area contributed by atoms with E-state index in [-0.39, 0.29) is 25.2 Å². The van der Waals surface area contributed by atoms with E-state index in [0.717, 1.165) is 5.56 Å². The van der Waals surface area contributed by atoms with Crippen LogP contribution < -0.4 is 14.2 Å². The minimum absolute atomic E-state index is 0.0376. The molecule has 0 fully saturated rings. The second-order valence-corrected chi connectivity index (χ2v) is 5.63. The van der Waals surface area contributed by atoms with Crippen molar-refractivity contribution in [1.82, 2.24) is 0 Å². The fourth-order valence-corrected chi connectivity index (χ4v) is 2.44. The number of ether oxygens (including phenoxy) is 3. The molecule has 0 aliphatic carbocycles. The van der Waals surface area contributed by atoms with E-state index < -0.39 is 11.8 Å². The van der Waals surface area contributed by atoms with E-state index in [9.17, 15) is 9.18 Å². The van der Waals surface area contributed by atoms with Gasteiger partial charge < -0.3 is 19.3 Å². The second-order valence-electron chi connectivity index (χ2n) is 5.63. The number of benzene rings is 2. The SMILES string of the molecule is CCOc1cc(COc2ccc(CCC(=O)O)cc2F)cc(OCC)c1. The molecule has 140 valence electrons. The van der Waals surface area contributed by atoms with Crippen LogP contribution in [0.25, 0.3) is 0 Å². The molecule has 0 atom stereocenters. The molecule has 6 heteroatoms. The highest BCUT2D eigenvalue weighted by Gasteiger charge is 2.09. The molecule has 0 aromatic heterocycles. The lowest BCUT2D eigenvalue weighted by Crippen LogP contribution is -2.02. The summed E-state index contributed by atoms with van der Waals surface area (Å²) in [6, 6.07) is 9.94. The van der Waals surface area contributed by atoms with Gasteiger partial charge in [0, 0.05) is 12.5 Å². The molecule has 2 aromatic rings. The summed E-state index contributed by atoms with van der Waals surface area (Å²) >= 11 is 0. The van der Waals surface area contributed by atoms with Crippen molar-refractivity contribution in [1.29, 1.82) is 0 Å². The molecule has 0 radical (unpaired) electrons. The van der Waals surface area contributed by atoms with Gasteiger partial charge in [0.2, 0.25) is 0 Å². The van der Waals surface area contributed by atoms with Gasteiger partial charge in [0.05, 0.1) is 13.2 Å². The molecule has 0 amide bonds. The Morgan fingerprint density at radius 1 is 0.962 bits per heavy atom. The molecule has 0 spiro atoms. The van der Waals surface area contributed by atoms with Gasteiger partial charge in [0.1, 0.15) is 18.1 Å². The molecule has 2 aromatic carbocycles. The monoisotopic (exact) mass is 362 g/mol. The molecule has 26 heavy (non-hydrogen) atoms. The minimum Gasteiger partial charge on any atom is -0.494 e. The maximum atomic E-state index is 14.2. The molecule has 0 saturated heterocycles. The summed E-state index contributed by atoms with van der Waals surface area (Å²) in [6.07, 6.45) is 0.241. The van der Waals surface area contributed by atoms with Crippen LogP contribution in [-0.4, -0.2) is 24.3 Å². The van der Waals surface area contributed by atoms with Crippen molar-refractivity contribution in [3.05, 3.63) is 53.3 Å². The lowest BCUT2D eigenvalue weighted by molar-refractivity contribution is -0.136. The Hall–Kier alpha value is -2.76. The van der Waals surface area contributed by atoms with Gasteiger partial charge in [-0.1, -0.05) is 6.07 Å².